The smallest absolute Gasteiger partial charge is 0.212 e. The minimum atomic E-state index is -3.47. The van der Waals surface area contributed by atoms with Crippen molar-refractivity contribution < 1.29 is 12.8 Å². The van der Waals surface area contributed by atoms with Crippen LogP contribution in [0.15, 0.2) is 41.1 Å². The molecule has 1 aromatic carbocycles. The van der Waals surface area contributed by atoms with E-state index < -0.39 is 15.8 Å². The van der Waals surface area contributed by atoms with E-state index in [0.717, 1.165) is 5.56 Å². The standard InChI is InChI=1S/C14H16FNO2S2/c1-11(7-12-5-6-19-9-12)16-20(17,18)10-13-3-2-4-14(15)8-13/h2-6,8-9,11,16H,7,10H2,1H3/t11-/m0/s1. The quantitative estimate of drug-likeness (QED) is 0.891. The van der Waals surface area contributed by atoms with Gasteiger partial charge in [0.1, 0.15) is 5.82 Å². The minimum Gasteiger partial charge on any atom is -0.212 e. The lowest BCUT2D eigenvalue weighted by Crippen LogP contribution is -2.34. The average molecular weight is 313 g/mol. The van der Waals surface area contributed by atoms with Crippen molar-refractivity contribution in [2.24, 2.45) is 0 Å². The second kappa shape index (κ2) is 6.47. The number of sulfonamides is 1. The van der Waals surface area contributed by atoms with Gasteiger partial charge in [0.05, 0.1) is 5.75 Å². The number of thiophene rings is 1. The SMILES string of the molecule is C[C@@H](Cc1ccsc1)NS(=O)(=O)Cc1cccc(F)c1. The molecule has 0 spiro atoms. The van der Waals surface area contributed by atoms with E-state index in [-0.39, 0.29) is 11.8 Å². The molecule has 1 atom stereocenters. The molecule has 2 rings (SSSR count). The number of benzene rings is 1. The van der Waals surface area contributed by atoms with Crippen molar-refractivity contribution in [2.45, 2.75) is 25.1 Å². The molecule has 6 heteroatoms. The Morgan fingerprint density at radius 2 is 2.10 bits per heavy atom. The fraction of sp³-hybridized carbons (Fsp3) is 0.286. The van der Waals surface area contributed by atoms with Gasteiger partial charge in [0.15, 0.2) is 0 Å². The maximum absolute atomic E-state index is 13.0. The molecular formula is C14H16FNO2S2. The zero-order chi connectivity index (χ0) is 14.6. The molecule has 0 bridgehead atoms. The van der Waals surface area contributed by atoms with Crippen LogP contribution in [0.3, 0.4) is 0 Å². The van der Waals surface area contributed by atoms with E-state index in [0.29, 0.717) is 12.0 Å². The first-order chi connectivity index (χ1) is 9.44. The zero-order valence-corrected chi connectivity index (χ0v) is 12.7. The average Bonchev–Trinajstić information content (AvgIpc) is 2.79. The molecule has 2 aromatic rings. The number of hydrogen-bond donors (Lipinski definition) is 1. The third-order valence-corrected chi connectivity index (χ3v) is 4.96. The summed E-state index contributed by atoms with van der Waals surface area (Å²) in [6, 6.07) is 7.43. The van der Waals surface area contributed by atoms with Gasteiger partial charge in [-0.3, -0.25) is 0 Å². The van der Waals surface area contributed by atoms with Crippen LogP contribution in [0, 0.1) is 5.82 Å². The molecule has 1 heterocycles. The van der Waals surface area contributed by atoms with Crippen LogP contribution in [-0.4, -0.2) is 14.5 Å². The van der Waals surface area contributed by atoms with Gasteiger partial charge in [0.25, 0.3) is 0 Å². The summed E-state index contributed by atoms with van der Waals surface area (Å²) >= 11 is 1.58. The van der Waals surface area contributed by atoms with E-state index in [1.807, 2.05) is 23.8 Å². The van der Waals surface area contributed by atoms with Gasteiger partial charge in [-0.05, 0) is 53.4 Å². The van der Waals surface area contributed by atoms with Crippen molar-refractivity contribution in [1.82, 2.24) is 4.72 Å². The number of hydrogen-bond acceptors (Lipinski definition) is 3. The Morgan fingerprint density at radius 3 is 2.75 bits per heavy atom. The monoisotopic (exact) mass is 313 g/mol. The normalized spacial score (nSPS) is 13.3. The molecule has 0 aliphatic rings. The Labute approximate surface area is 122 Å². The number of halogens is 1. The number of rotatable bonds is 6. The lowest BCUT2D eigenvalue weighted by atomic mass is 10.1. The predicted molar refractivity (Wildman–Crippen MR) is 79.6 cm³/mol. The fourth-order valence-corrected chi connectivity index (χ4v) is 4.08. The molecule has 0 aliphatic carbocycles. The van der Waals surface area contributed by atoms with Crippen LogP contribution in [0.25, 0.3) is 0 Å². The topological polar surface area (TPSA) is 46.2 Å². The fourth-order valence-electron chi connectivity index (χ4n) is 2.00. The van der Waals surface area contributed by atoms with E-state index in [1.54, 1.807) is 17.4 Å². The first-order valence-electron chi connectivity index (χ1n) is 6.20. The van der Waals surface area contributed by atoms with Crippen LogP contribution in [0.5, 0.6) is 0 Å². The van der Waals surface area contributed by atoms with Crippen molar-refractivity contribution >= 4 is 21.4 Å². The molecule has 0 amide bonds. The van der Waals surface area contributed by atoms with Gasteiger partial charge in [-0.1, -0.05) is 12.1 Å². The van der Waals surface area contributed by atoms with Crippen molar-refractivity contribution in [3.8, 4) is 0 Å². The highest BCUT2D eigenvalue weighted by Gasteiger charge is 2.16. The van der Waals surface area contributed by atoms with Crippen LogP contribution in [0.2, 0.25) is 0 Å². The second-order valence-corrected chi connectivity index (χ2v) is 7.28. The lowest BCUT2D eigenvalue weighted by molar-refractivity contribution is 0.559. The Hall–Kier alpha value is -1.24. The van der Waals surface area contributed by atoms with Gasteiger partial charge in [-0.2, -0.15) is 11.3 Å². The van der Waals surface area contributed by atoms with E-state index in [4.69, 9.17) is 0 Å². The van der Waals surface area contributed by atoms with Crippen molar-refractivity contribution in [3.05, 3.63) is 58.0 Å². The Kier molecular flexibility index (Phi) is 4.91. The second-order valence-electron chi connectivity index (χ2n) is 4.74. The van der Waals surface area contributed by atoms with Crippen LogP contribution in [0.1, 0.15) is 18.1 Å². The third kappa shape index (κ3) is 4.70. The highest BCUT2D eigenvalue weighted by atomic mass is 32.2. The van der Waals surface area contributed by atoms with Gasteiger partial charge in [0.2, 0.25) is 10.0 Å². The van der Waals surface area contributed by atoms with Crippen LogP contribution in [0.4, 0.5) is 4.39 Å². The summed E-state index contributed by atoms with van der Waals surface area (Å²) in [6.45, 7) is 1.82. The Bertz CT molecular complexity index is 654. The number of nitrogens with one attached hydrogen (secondary N) is 1. The van der Waals surface area contributed by atoms with Gasteiger partial charge in [-0.25, -0.2) is 17.5 Å². The molecule has 0 fully saturated rings. The Morgan fingerprint density at radius 1 is 1.30 bits per heavy atom. The summed E-state index contributed by atoms with van der Waals surface area (Å²) < 4.78 is 39.7. The van der Waals surface area contributed by atoms with E-state index >= 15 is 0 Å². The van der Waals surface area contributed by atoms with Crippen molar-refractivity contribution in [1.29, 1.82) is 0 Å². The summed E-state index contributed by atoms with van der Waals surface area (Å²) in [5, 5.41) is 3.96. The molecule has 20 heavy (non-hydrogen) atoms. The first-order valence-corrected chi connectivity index (χ1v) is 8.80. The van der Waals surface area contributed by atoms with Crippen molar-refractivity contribution in [2.75, 3.05) is 0 Å². The largest absolute Gasteiger partial charge is 0.216 e. The van der Waals surface area contributed by atoms with Gasteiger partial charge >= 0.3 is 0 Å². The predicted octanol–water partition coefficient (Wildman–Crippen LogP) is 2.94. The molecule has 0 aliphatic heterocycles. The van der Waals surface area contributed by atoms with Crippen molar-refractivity contribution in [3.63, 3.8) is 0 Å². The van der Waals surface area contributed by atoms with Gasteiger partial charge < -0.3 is 0 Å². The molecule has 0 saturated carbocycles. The molecule has 3 nitrogen and oxygen atoms in total. The molecule has 0 radical (unpaired) electrons. The molecule has 0 unspecified atom stereocenters. The van der Waals surface area contributed by atoms with E-state index in [1.165, 1.54) is 18.2 Å². The molecular weight excluding hydrogens is 297 g/mol. The summed E-state index contributed by atoms with van der Waals surface area (Å²) in [6.07, 6.45) is 0.645. The van der Waals surface area contributed by atoms with E-state index in [9.17, 15) is 12.8 Å². The first kappa shape index (κ1) is 15.2. The molecule has 1 N–H and O–H groups in total. The highest BCUT2D eigenvalue weighted by Crippen LogP contribution is 2.11. The molecule has 1 aromatic heterocycles. The molecule has 108 valence electrons. The highest BCUT2D eigenvalue weighted by molar-refractivity contribution is 7.88. The molecule has 0 saturated heterocycles. The summed E-state index contributed by atoms with van der Waals surface area (Å²) in [5.74, 6) is -0.636. The third-order valence-electron chi connectivity index (χ3n) is 2.75. The van der Waals surface area contributed by atoms with E-state index in [2.05, 4.69) is 4.72 Å². The summed E-state index contributed by atoms with van der Waals surface area (Å²) in [7, 11) is -3.47. The summed E-state index contributed by atoms with van der Waals surface area (Å²) in [4.78, 5) is 0. The van der Waals surface area contributed by atoms with Gasteiger partial charge in [-0.15, -0.1) is 0 Å². The maximum Gasteiger partial charge on any atom is 0.216 e. The lowest BCUT2D eigenvalue weighted by Gasteiger charge is -2.13. The van der Waals surface area contributed by atoms with Crippen LogP contribution in [-0.2, 0) is 22.2 Å². The maximum atomic E-state index is 13.0. The minimum absolute atomic E-state index is 0.192. The Balaban J connectivity index is 1.96. The zero-order valence-electron chi connectivity index (χ0n) is 11.0. The van der Waals surface area contributed by atoms with Crippen LogP contribution >= 0.6 is 11.3 Å². The van der Waals surface area contributed by atoms with Gasteiger partial charge in [0, 0.05) is 6.04 Å². The van der Waals surface area contributed by atoms with Crippen LogP contribution < -0.4 is 4.72 Å². The summed E-state index contributed by atoms with van der Waals surface area (Å²) in [5.41, 5.74) is 1.55.